The minimum Gasteiger partial charge on any atom is -0.389 e. The van der Waals surface area contributed by atoms with Crippen molar-refractivity contribution in [3.8, 4) is 0 Å². The normalized spacial score (nSPS) is 13.5. The Balaban J connectivity index is 2.17. The molecule has 5 nitrogen and oxygen atoms in total. The van der Waals surface area contributed by atoms with Crippen LogP contribution in [0.15, 0.2) is 17.5 Å². The molecule has 2 atom stereocenters. The predicted molar refractivity (Wildman–Crippen MR) is 93.9 cm³/mol. The maximum atomic E-state index is 11.9. The Morgan fingerprint density at radius 1 is 1.30 bits per heavy atom. The van der Waals surface area contributed by atoms with Gasteiger partial charge in [-0.25, -0.2) is 0 Å². The maximum Gasteiger partial charge on any atom is 0.262 e. The molecule has 23 heavy (non-hydrogen) atoms. The summed E-state index contributed by atoms with van der Waals surface area (Å²) in [6.07, 6.45) is 6.96. The lowest BCUT2D eigenvalue weighted by Crippen LogP contribution is -2.48. The quantitative estimate of drug-likeness (QED) is 0.380. The lowest BCUT2D eigenvalue weighted by molar-refractivity contribution is -0.111. The van der Waals surface area contributed by atoms with Crippen LogP contribution in [0.5, 0.6) is 0 Å². The molecule has 1 amide bonds. The Kier molecular flexibility index (Phi) is 10.5. The van der Waals surface area contributed by atoms with Gasteiger partial charge in [0.05, 0.1) is 11.0 Å². The maximum absolute atomic E-state index is 11.9. The molecule has 0 bridgehead atoms. The Labute approximate surface area is 142 Å². The number of nitrogens with one attached hydrogen (secondary N) is 2. The van der Waals surface area contributed by atoms with E-state index in [9.17, 15) is 14.7 Å². The van der Waals surface area contributed by atoms with Gasteiger partial charge in [0.15, 0.2) is 0 Å². The van der Waals surface area contributed by atoms with Crippen LogP contribution < -0.4 is 10.6 Å². The zero-order chi connectivity index (χ0) is 16.9. The first-order valence-corrected chi connectivity index (χ1v) is 9.25. The number of amides is 1. The third-order valence-corrected chi connectivity index (χ3v) is 4.53. The zero-order valence-corrected chi connectivity index (χ0v) is 14.6. The minimum absolute atomic E-state index is 0.295. The van der Waals surface area contributed by atoms with Gasteiger partial charge < -0.3 is 20.5 Å². The number of carbonyl (C=O) groups excluding carboxylic acids is 2. The van der Waals surface area contributed by atoms with Crippen LogP contribution in [-0.4, -0.2) is 42.5 Å². The van der Waals surface area contributed by atoms with E-state index in [4.69, 9.17) is 0 Å². The van der Waals surface area contributed by atoms with Gasteiger partial charge >= 0.3 is 0 Å². The Bertz CT molecular complexity index is 437. The summed E-state index contributed by atoms with van der Waals surface area (Å²) in [7, 11) is 0. The van der Waals surface area contributed by atoms with Crippen LogP contribution in [0.25, 0.3) is 0 Å². The number of aliphatic hydroxyl groups is 1. The fourth-order valence-corrected chi connectivity index (χ4v) is 2.89. The van der Waals surface area contributed by atoms with E-state index in [2.05, 4.69) is 17.6 Å². The largest absolute Gasteiger partial charge is 0.389 e. The topological polar surface area (TPSA) is 78.4 Å². The van der Waals surface area contributed by atoms with Gasteiger partial charge in [-0.2, -0.15) is 0 Å². The second-order valence-electron chi connectivity index (χ2n) is 5.65. The van der Waals surface area contributed by atoms with Gasteiger partial charge in [-0.1, -0.05) is 45.1 Å². The zero-order valence-electron chi connectivity index (χ0n) is 13.8. The van der Waals surface area contributed by atoms with Crippen molar-refractivity contribution < 1.29 is 14.7 Å². The molecule has 0 aliphatic carbocycles. The van der Waals surface area contributed by atoms with Crippen molar-refractivity contribution in [1.82, 2.24) is 10.6 Å². The fraction of sp³-hybridized carbons (Fsp3) is 0.647. The molecule has 0 aliphatic heterocycles. The lowest BCUT2D eigenvalue weighted by atomic mass is 10.1. The van der Waals surface area contributed by atoms with Crippen LogP contribution in [0.3, 0.4) is 0 Å². The van der Waals surface area contributed by atoms with Crippen LogP contribution >= 0.6 is 11.3 Å². The molecule has 0 saturated carbocycles. The van der Waals surface area contributed by atoms with E-state index < -0.39 is 12.1 Å². The second kappa shape index (κ2) is 12.2. The van der Waals surface area contributed by atoms with E-state index in [1.165, 1.54) is 43.4 Å². The van der Waals surface area contributed by atoms with Crippen molar-refractivity contribution in [3.63, 3.8) is 0 Å². The predicted octanol–water partition coefficient (Wildman–Crippen LogP) is 2.36. The van der Waals surface area contributed by atoms with Crippen LogP contribution in [-0.2, 0) is 4.79 Å². The van der Waals surface area contributed by atoms with Crippen molar-refractivity contribution in [1.29, 1.82) is 0 Å². The molecule has 3 N–H and O–H groups in total. The van der Waals surface area contributed by atoms with Gasteiger partial charge in [0.25, 0.3) is 5.91 Å². The lowest BCUT2D eigenvalue weighted by Gasteiger charge is -2.19. The van der Waals surface area contributed by atoms with Gasteiger partial charge in [0, 0.05) is 6.54 Å². The molecule has 130 valence electrons. The van der Waals surface area contributed by atoms with Crippen molar-refractivity contribution in [2.24, 2.45) is 0 Å². The summed E-state index contributed by atoms with van der Waals surface area (Å²) >= 11 is 1.30. The van der Waals surface area contributed by atoms with Crippen molar-refractivity contribution in [2.45, 2.75) is 57.6 Å². The molecule has 1 aromatic heterocycles. The SMILES string of the molecule is CCCCCCCCNC[C@H](O)[C@@H](C=O)NC(=O)c1cccs1. The summed E-state index contributed by atoms with van der Waals surface area (Å²) in [5, 5.41) is 17.5. The standard InChI is InChI=1S/C17H28N2O3S/c1-2-3-4-5-6-7-10-18-12-15(21)14(13-20)19-17(22)16-9-8-11-23-16/h8-9,11,13-15,18,21H,2-7,10,12H2,1H3,(H,19,22)/t14-,15+/m1/s1. The van der Waals surface area contributed by atoms with Gasteiger partial charge in [-0.15, -0.1) is 11.3 Å². The molecular weight excluding hydrogens is 312 g/mol. The summed E-state index contributed by atoms with van der Waals surface area (Å²) in [6, 6.07) is 2.57. The number of aliphatic hydroxyl groups excluding tert-OH is 1. The van der Waals surface area contributed by atoms with E-state index in [1.807, 2.05) is 0 Å². The average molecular weight is 340 g/mol. The number of rotatable bonds is 13. The molecule has 1 aromatic rings. The first kappa shape index (κ1) is 19.8. The number of hydrogen-bond donors (Lipinski definition) is 3. The molecule has 0 spiro atoms. The first-order valence-electron chi connectivity index (χ1n) is 8.37. The third-order valence-electron chi connectivity index (χ3n) is 3.66. The average Bonchev–Trinajstić information content (AvgIpc) is 3.09. The van der Waals surface area contributed by atoms with Crippen LogP contribution in [0.4, 0.5) is 0 Å². The molecule has 0 aliphatic rings. The van der Waals surface area contributed by atoms with Gasteiger partial charge in [-0.05, 0) is 24.4 Å². The Morgan fingerprint density at radius 2 is 2.04 bits per heavy atom. The highest BCUT2D eigenvalue weighted by Crippen LogP contribution is 2.08. The summed E-state index contributed by atoms with van der Waals surface area (Å²) in [4.78, 5) is 23.5. The molecule has 0 fully saturated rings. The number of hydrogen-bond acceptors (Lipinski definition) is 5. The van der Waals surface area contributed by atoms with E-state index in [0.29, 0.717) is 17.7 Å². The monoisotopic (exact) mass is 340 g/mol. The molecule has 0 unspecified atom stereocenters. The molecule has 1 heterocycles. The highest BCUT2D eigenvalue weighted by Gasteiger charge is 2.21. The fourth-order valence-electron chi connectivity index (χ4n) is 2.26. The van der Waals surface area contributed by atoms with Crippen LogP contribution in [0.1, 0.15) is 55.1 Å². The number of carbonyl (C=O) groups is 2. The Hall–Kier alpha value is -1.24. The highest BCUT2D eigenvalue weighted by atomic mass is 32.1. The molecule has 0 saturated heterocycles. The summed E-state index contributed by atoms with van der Waals surface area (Å²) in [5.41, 5.74) is 0. The molecular formula is C17H28N2O3S. The van der Waals surface area contributed by atoms with Gasteiger partial charge in [0.1, 0.15) is 12.3 Å². The van der Waals surface area contributed by atoms with Gasteiger partial charge in [0.2, 0.25) is 0 Å². The molecule has 0 radical (unpaired) electrons. The summed E-state index contributed by atoms with van der Waals surface area (Å²) in [6.45, 7) is 3.31. The third kappa shape index (κ3) is 8.25. The van der Waals surface area contributed by atoms with E-state index in [0.717, 1.165) is 13.0 Å². The van der Waals surface area contributed by atoms with E-state index in [1.54, 1.807) is 17.5 Å². The number of thiophene rings is 1. The highest BCUT2D eigenvalue weighted by molar-refractivity contribution is 7.12. The van der Waals surface area contributed by atoms with Crippen molar-refractivity contribution >= 4 is 23.5 Å². The first-order chi connectivity index (χ1) is 11.2. The second-order valence-corrected chi connectivity index (χ2v) is 6.60. The summed E-state index contributed by atoms with van der Waals surface area (Å²) < 4.78 is 0. The van der Waals surface area contributed by atoms with Gasteiger partial charge in [-0.3, -0.25) is 4.79 Å². The molecule has 6 heteroatoms. The Morgan fingerprint density at radius 3 is 2.70 bits per heavy atom. The van der Waals surface area contributed by atoms with E-state index in [-0.39, 0.29) is 5.91 Å². The molecule has 0 aromatic carbocycles. The summed E-state index contributed by atoms with van der Waals surface area (Å²) in [5.74, 6) is -0.327. The smallest absolute Gasteiger partial charge is 0.262 e. The molecule has 1 rings (SSSR count). The van der Waals surface area contributed by atoms with Crippen molar-refractivity contribution in [3.05, 3.63) is 22.4 Å². The van der Waals surface area contributed by atoms with Crippen LogP contribution in [0.2, 0.25) is 0 Å². The van der Waals surface area contributed by atoms with Crippen LogP contribution in [0, 0.1) is 0 Å². The van der Waals surface area contributed by atoms with Crippen molar-refractivity contribution in [2.75, 3.05) is 13.1 Å². The number of unbranched alkanes of at least 4 members (excludes halogenated alkanes) is 5. The number of aldehydes is 1. The van der Waals surface area contributed by atoms with E-state index >= 15 is 0 Å². The minimum atomic E-state index is -0.920.